The van der Waals surface area contributed by atoms with Gasteiger partial charge in [0, 0.05) is 0 Å². The van der Waals surface area contributed by atoms with Crippen molar-refractivity contribution in [1.82, 2.24) is 9.97 Å². The van der Waals surface area contributed by atoms with Gasteiger partial charge < -0.3 is 0 Å². The molecule has 0 fully saturated rings. The number of rotatable bonds is 0. The van der Waals surface area contributed by atoms with Crippen LogP contribution in [0.3, 0.4) is 0 Å². The standard InChI is InChI=1S/C7H3AsF2N2/c8-7-11-5-1-3(9)4(10)2-6(5)12-7/h1-2H,(H,11,12). The van der Waals surface area contributed by atoms with Crippen molar-refractivity contribution in [2.75, 3.05) is 0 Å². The zero-order valence-electron chi connectivity index (χ0n) is 5.81. The molecule has 0 saturated heterocycles. The molecule has 5 heteroatoms. The fourth-order valence-corrected chi connectivity index (χ4v) is 1.47. The Labute approximate surface area is 75.5 Å². The van der Waals surface area contributed by atoms with Crippen molar-refractivity contribution >= 4 is 32.5 Å². The molecule has 2 rings (SSSR count). The van der Waals surface area contributed by atoms with Gasteiger partial charge in [0.15, 0.2) is 0 Å². The van der Waals surface area contributed by atoms with Gasteiger partial charge in [0.25, 0.3) is 0 Å². The van der Waals surface area contributed by atoms with Crippen LogP contribution in [-0.2, 0) is 0 Å². The molecule has 0 aliphatic heterocycles. The molecule has 2 radical (unpaired) electrons. The topological polar surface area (TPSA) is 28.7 Å². The number of imidazole rings is 1. The molecule has 1 aromatic heterocycles. The summed E-state index contributed by atoms with van der Waals surface area (Å²) in [6.45, 7) is 0. The number of hydrogen-bond acceptors (Lipinski definition) is 1. The third kappa shape index (κ3) is 1.12. The van der Waals surface area contributed by atoms with E-state index < -0.39 is 11.6 Å². The number of benzene rings is 1. The van der Waals surface area contributed by atoms with Crippen molar-refractivity contribution in [2.45, 2.75) is 0 Å². The van der Waals surface area contributed by atoms with Crippen LogP contribution >= 0.6 is 0 Å². The van der Waals surface area contributed by atoms with Crippen LogP contribution in [0.25, 0.3) is 11.0 Å². The molecule has 1 heterocycles. The first kappa shape index (κ1) is 7.74. The van der Waals surface area contributed by atoms with E-state index in [-0.39, 0.29) is 0 Å². The Bertz CT molecular complexity index is 399. The molecule has 2 nitrogen and oxygen atoms in total. The van der Waals surface area contributed by atoms with Crippen LogP contribution in [0.2, 0.25) is 0 Å². The van der Waals surface area contributed by atoms with E-state index in [2.05, 4.69) is 26.8 Å². The van der Waals surface area contributed by atoms with E-state index in [1.165, 1.54) is 0 Å². The fraction of sp³-hybridized carbons (Fsp3) is 0. The summed E-state index contributed by atoms with van der Waals surface area (Å²) in [4.78, 5) is 6.71. The molecule has 2 aromatic rings. The number of aromatic nitrogens is 2. The molecule has 0 spiro atoms. The van der Waals surface area contributed by atoms with Gasteiger partial charge in [-0.3, -0.25) is 0 Å². The molecular formula is C7H3AsF2N2. The molecule has 0 bridgehead atoms. The Morgan fingerprint density at radius 3 is 2.67 bits per heavy atom. The summed E-state index contributed by atoms with van der Waals surface area (Å²) in [7, 11) is 0. The van der Waals surface area contributed by atoms with Crippen molar-refractivity contribution in [3.05, 3.63) is 23.8 Å². The van der Waals surface area contributed by atoms with Gasteiger partial charge in [0.1, 0.15) is 0 Å². The first-order valence-corrected chi connectivity index (χ1v) is 4.14. The maximum absolute atomic E-state index is 12.6. The molecule has 0 amide bonds. The van der Waals surface area contributed by atoms with Crippen LogP contribution in [0.4, 0.5) is 8.78 Å². The SMILES string of the molecule is Fc1cc2nc([As])[nH]c2cc1F. The Morgan fingerprint density at radius 1 is 1.25 bits per heavy atom. The number of H-pyrrole nitrogens is 1. The first-order valence-electron chi connectivity index (χ1n) is 3.20. The van der Waals surface area contributed by atoms with Crippen molar-refractivity contribution < 1.29 is 8.78 Å². The van der Waals surface area contributed by atoms with Crippen molar-refractivity contribution in [1.29, 1.82) is 0 Å². The predicted molar refractivity (Wildman–Crippen MR) is 41.4 cm³/mol. The Hall–Kier alpha value is -0.892. The first-order chi connectivity index (χ1) is 5.66. The van der Waals surface area contributed by atoms with Crippen LogP contribution in [0.5, 0.6) is 0 Å². The Balaban J connectivity index is 2.83. The van der Waals surface area contributed by atoms with E-state index in [1.54, 1.807) is 0 Å². The van der Waals surface area contributed by atoms with Gasteiger partial charge in [-0.2, -0.15) is 0 Å². The fourth-order valence-electron chi connectivity index (χ4n) is 0.991. The predicted octanol–water partition coefficient (Wildman–Crippen LogP) is 0.635. The maximum atomic E-state index is 12.6. The van der Waals surface area contributed by atoms with Gasteiger partial charge in [-0.05, 0) is 0 Å². The number of nitrogens with one attached hydrogen (secondary N) is 1. The average Bonchev–Trinajstić information content (AvgIpc) is 2.30. The van der Waals surface area contributed by atoms with Crippen LogP contribution in [0.1, 0.15) is 0 Å². The summed E-state index contributed by atoms with van der Waals surface area (Å²) < 4.78 is 25.8. The van der Waals surface area contributed by atoms with Gasteiger partial charge in [-0.25, -0.2) is 0 Å². The summed E-state index contributed by atoms with van der Waals surface area (Å²) in [5.41, 5.74) is 0.939. The molecular weight excluding hydrogens is 225 g/mol. The van der Waals surface area contributed by atoms with Crippen LogP contribution in [-0.4, -0.2) is 26.8 Å². The molecule has 0 atom stereocenters. The molecule has 0 aliphatic carbocycles. The second kappa shape index (κ2) is 2.56. The molecule has 60 valence electrons. The zero-order valence-corrected chi connectivity index (χ0v) is 7.68. The van der Waals surface area contributed by atoms with E-state index in [9.17, 15) is 8.78 Å². The van der Waals surface area contributed by atoms with Crippen LogP contribution in [0.15, 0.2) is 12.1 Å². The van der Waals surface area contributed by atoms with Gasteiger partial charge in [0.05, 0.1) is 0 Å². The molecule has 1 N–H and O–H groups in total. The molecule has 0 unspecified atom stereocenters. The minimum absolute atomic E-state index is 0.435. The minimum atomic E-state index is -0.874. The summed E-state index contributed by atoms with van der Waals surface area (Å²) in [5.74, 6) is -1.74. The molecule has 0 saturated carbocycles. The van der Waals surface area contributed by atoms with Gasteiger partial charge in [-0.15, -0.1) is 0 Å². The Kier molecular flexibility index (Phi) is 1.65. The second-order valence-electron chi connectivity index (χ2n) is 2.34. The zero-order chi connectivity index (χ0) is 8.72. The summed E-state index contributed by atoms with van der Waals surface area (Å²) in [6.07, 6.45) is 0. The second-order valence-corrected chi connectivity index (χ2v) is 3.23. The van der Waals surface area contributed by atoms with Gasteiger partial charge in [0.2, 0.25) is 0 Å². The van der Waals surface area contributed by atoms with E-state index in [1.807, 2.05) is 0 Å². The monoisotopic (exact) mass is 228 g/mol. The molecule has 1 aromatic carbocycles. The molecule has 12 heavy (non-hydrogen) atoms. The number of hydrogen-bond donors (Lipinski definition) is 1. The van der Waals surface area contributed by atoms with E-state index >= 15 is 0 Å². The van der Waals surface area contributed by atoms with Crippen LogP contribution in [0, 0.1) is 11.6 Å². The Morgan fingerprint density at radius 2 is 1.92 bits per heavy atom. The third-order valence-electron chi connectivity index (χ3n) is 1.51. The number of halogens is 2. The number of nitrogens with zero attached hydrogens (tertiary/aromatic N) is 1. The average molecular weight is 228 g/mol. The van der Waals surface area contributed by atoms with E-state index in [0.29, 0.717) is 15.6 Å². The number of fused-ring (bicyclic) bond motifs is 1. The van der Waals surface area contributed by atoms with E-state index in [4.69, 9.17) is 0 Å². The van der Waals surface area contributed by atoms with Crippen molar-refractivity contribution in [3.63, 3.8) is 0 Å². The summed E-state index contributed by atoms with van der Waals surface area (Å²) in [6, 6.07) is 2.16. The van der Waals surface area contributed by atoms with Gasteiger partial charge >= 0.3 is 75.0 Å². The third-order valence-corrected chi connectivity index (χ3v) is 1.96. The summed E-state index contributed by atoms with van der Waals surface area (Å²) in [5, 5.41) is 0. The van der Waals surface area contributed by atoms with Crippen molar-refractivity contribution in [2.24, 2.45) is 0 Å². The van der Waals surface area contributed by atoms with Crippen LogP contribution < -0.4 is 4.61 Å². The van der Waals surface area contributed by atoms with E-state index in [0.717, 1.165) is 12.1 Å². The van der Waals surface area contributed by atoms with Crippen molar-refractivity contribution in [3.8, 4) is 0 Å². The quantitative estimate of drug-likeness (QED) is 0.658. The summed E-state index contributed by atoms with van der Waals surface area (Å²) >= 11 is 2.18. The number of aromatic amines is 1. The van der Waals surface area contributed by atoms with Gasteiger partial charge in [-0.1, -0.05) is 0 Å². The molecule has 0 aliphatic rings. The normalized spacial score (nSPS) is 10.9.